The van der Waals surface area contributed by atoms with E-state index in [0.717, 1.165) is 5.56 Å². The van der Waals surface area contributed by atoms with Crippen molar-refractivity contribution in [2.45, 2.75) is 24.9 Å². The van der Waals surface area contributed by atoms with Gasteiger partial charge < -0.3 is 9.39 Å². The van der Waals surface area contributed by atoms with Crippen LogP contribution < -0.4 is 4.84 Å². The second-order valence-electron chi connectivity index (χ2n) is 6.20. The zero-order valence-electron chi connectivity index (χ0n) is 14.9. The fourth-order valence-electron chi connectivity index (χ4n) is 2.89. The van der Waals surface area contributed by atoms with Crippen LogP contribution in [0.3, 0.4) is 0 Å². The molecule has 0 bridgehead atoms. The summed E-state index contributed by atoms with van der Waals surface area (Å²) in [6, 6.07) is 13.9. The fourth-order valence-corrected chi connectivity index (χ4v) is 3.53. The first-order chi connectivity index (χ1) is 13.2. The van der Waals surface area contributed by atoms with Crippen molar-refractivity contribution in [3.63, 3.8) is 0 Å². The van der Waals surface area contributed by atoms with Crippen molar-refractivity contribution < 1.29 is 26.8 Å². The summed E-state index contributed by atoms with van der Waals surface area (Å²) < 4.78 is 64.1. The van der Waals surface area contributed by atoms with Gasteiger partial charge in [-0.2, -0.15) is 13.2 Å². The average Bonchev–Trinajstić information content (AvgIpc) is 2.61. The van der Waals surface area contributed by atoms with E-state index in [-0.39, 0.29) is 16.2 Å². The van der Waals surface area contributed by atoms with Crippen LogP contribution in [0.1, 0.15) is 16.7 Å². The minimum atomic E-state index is -4.78. The number of hydrogen-bond donors (Lipinski definition) is 0. The van der Waals surface area contributed by atoms with Crippen LogP contribution in [0, 0.1) is 13.8 Å². The highest BCUT2D eigenvalue weighted by atomic mass is 32.2. The van der Waals surface area contributed by atoms with Gasteiger partial charge in [-0.25, -0.2) is 0 Å². The molecular formula is C20H15F3NO3S-. The maximum atomic E-state index is 13.6. The minimum absolute atomic E-state index is 0.135. The molecule has 0 radical (unpaired) electrons. The van der Waals surface area contributed by atoms with E-state index < -0.39 is 23.0 Å². The summed E-state index contributed by atoms with van der Waals surface area (Å²) in [6.07, 6.45) is -4.78. The Kier molecular flexibility index (Phi) is 5.53. The van der Waals surface area contributed by atoms with Gasteiger partial charge in [0.15, 0.2) is 11.5 Å². The van der Waals surface area contributed by atoms with Gasteiger partial charge in [-0.3, -0.25) is 4.21 Å². The summed E-state index contributed by atoms with van der Waals surface area (Å²) in [5.74, 6) is -0.279. The molecule has 1 unspecified atom stereocenters. The van der Waals surface area contributed by atoms with Crippen LogP contribution in [-0.4, -0.2) is 20.6 Å². The summed E-state index contributed by atoms with van der Waals surface area (Å²) in [6.45, 7) is 3.31. The van der Waals surface area contributed by atoms with Gasteiger partial charge >= 0.3 is 6.18 Å². The van der Waals surface area contributed by atoms with E-state index in [2.05, 4.69) is 5.16 Å². The van der Waals surface area contributed by atoms with Gasteiger partial charge in [-0.05, 0) is 41.9 Å². The summed E-state index contributed by atoms with van der Waals surface area (Å²) in [4.78, 5) is 4.76. The smallest absolute Gasteiger partial charge is 0.437 e. The average molecular weight is 406 g/mol. The maximum Gasteiger partial charge on any atom is 0.437 e. The molecule has 0 N–H and O–H groups in total. The van der Waals surface area contributed by atoms with Crippen molar-refractivity contribution in [3.8, 4) is 5.75 Å². The third-order valence-corrected chi connectivity index (χ3v) is 4.91. The highest BCUT2D eigenvalue weighted by Gasteiger charge is 2.38. The predicted molar refractivity (Wildman–Crippen MR) is 100 cm³/mol. The molecule has 0 saturated heterocycles. The van der Waals surface area contributed by atoms with Crippen LogP contribution in [0.15, 0.2) is 64.6 Å². The van der Waals surface area contributed by atoms with E-state index in [0.29, 0.717) is 16.3 Å². The molecule has 0 aliphatic rings. The molecule has 0 aliphatic heterocycles. The van der Waals surface area contributed by atoms with E-state index in [1.165, 1.54) is 25.1 Å². The number of rotatable bonds is 4. The van der Waals surface area contributed by atoms with Crippen molar-refractivity contribution in [1.29, 1.82) is 0 Å². The number of benzene rings is 3. The topological polar surface area (TPSA) is 61.7 Å². The molecule has 1 atom stereocenters. The lowest BCUT2D eigenvalue weighted by Gasteiger charge is -2.16. The second kappa shape index (κ2) is 7.73. The van der Waals surface area contributed by atoms with Crippen LogP contribution in [0.5, 0.6) is 5.75 Å². The van der Waals surface area contributed by atoms with Crippen LogP contribution >= 0.6 is 0 Å². The lowest BCUT2D eigenvalue weighted by Crippen LogP contribution is -2.26. The lowest BCUT2D eigenvalue weighted by molar-refractivity contribution is -0.0598. The lowest BCUT2D eigenvalue weighted by atomic mass is 10.0. The quantitative estimate of drug-likeness (QED) is 0.346. The molecule has 0 fully saturated rings. The first kappa shape index (κ1) is 20.0. The van der Waals surface area contributed by atoms with Crippen LogP contribution in [0.4, 0.5) is 13.2 Å². The Morgan fingerprint density at radius 2 is 1.79 bits per heavy atom. The number of alkyl halides is 3. The molecule has 3 aromatic rings. The van der Waals surface area contributed by atoms with E-state index in [1.54, 1.807) is 43.3 Å². The van der Waals surface area contributed by atoms with Crippen LogP contribution in [0.2, 0.25) is 0 Å². The van der Waals surface area contributed by atoms with Gasteiger partial charge in [-0.1, -0.05) is 59.3 Å². The number of nitrogens with zero attached hydrogens (tertiary/aromatic N) is 1. The van der Waals surface area contributed by atoms with E-state index >= 15 is 0 Å². The molecule has 8 heteroatoms. The highest BCUT2D eigenvalue weighted by Crippen LogP contribution is 2.32. The number of oxime groups is 1. The maximum absolute atomic E-state index is 13.6. The first-order valence-electron chi connectivity index (χ1n) is 8.19. The van der Waals surface area contributed by atoms with Gasteiger partial charge in [-0.15, -0.1) is 0 Å². The van der Waals surface area contributed by atoms with Gasteiger partial charge in [0.05, 0.1) is 4.90 Å². The second-order valence-corrected chi connectivity index (χ2v) is 7.07. The molecule has 0 spiro atoms. The normalized spacial score (nSPS) is 13.6. The Morgan fingerprint density at radius 3 is 2.43 bits per heavy atom. The Hall–Kier alpha value is -2.71. The summed E-state index contributed by atoms with van der Waals surface area (Å²) in [5, 5.41) is 4.25. The molecular weight excluding hydrogens is 391 g/mol. The molecule has 0 amide bonds. The molecule has 0 aromatic heterocycles. The Morgan fingerprint density at radius 1 is 1.07 bits per heavy atom. The van der Waals surface area contributed by atoms with E-state index in [4.69, 9.17) is 4.84 Å². The standard InChI is InChI=1S/C20H16F3NO3S/c1-12-7-9-15(13(2)11-12)19(20(21,22)23)24-27-17-10-8-14-5-3-4-6-16(14)18(17)28(25)26/h3-11H,1-2H3,(H,25,26)/p-1. The van der Waals surface area contributed by atoms with Crippen LogP contribution in [-0.2, 0) is 11.1 Å². The molecule has 0 saturated carbocycles. The monoisotopic (exact) mass is 406 g/mol. The molecule has 4 nitrogen and oxygen atoms in total. The van der Waals surface area contributed by atoms with Crippen LogP contribution in [0.25, 0.3) is 10.8 Å². The summed E-state index contributed by atoms with van der Waals surface area (Å²) in [7, 11) is 0. The summed E-state index contributed by atoms with van der Waals surface area (Å²) in [5.41, 5.74) is -0.183. The number of aryl methyl sites for hydroxylation is 2. The minimum Gasteiger partial charge on any atom is -0.768 e. The first-order valence-corrected chi connectivity index (χ1v) is 9.27. The van der Waals surface area contributed by atoms with E-state index in [9.17, 15) is 21.9 Å². The fraction of sp³-hybridized carbons (Fsp3) is 0.150. The Balaban J connectivity index is 2.11. The molecule has 0 aliphatic carbocycles. The van der Waals surface area contributed by atoms with Gasteiger partial charge in [0.1, 0.15) is 0 Å². The Bertz CT molecular complexity index is 1090. The SMILES string of the molecule is Cc1ccc(C(=NOc2ccc3ccccc3c2S(=O)[O-])C(F)(F)F)c(C)c1. The number of fused-ring (bicyclic) bond motifs is 1. The van der Waals surface area contributed by atoms with Crippen molar-refractivity contribution >= 4 is 27.6 Å². The van der Waals surface area contributed by atoms with Gasteiger partial charge in [0.2, 0.25) is 0 Å². The highest BCUT2D eigenvalue weighted by molar-refractivity contribution is 7.79. The zero-order valence-corrected chi connectivity index (χ0v) is 15.7. The predicted octanol–water partition coefficient (Wildman–Crippen LogP) is 5.04. The van der Waals surface area contributed by atoms with Crippen molar-refractivity contribution in [2.24, 2.45) is 5.16 Å². The Labute approximate surface area is 161 Å². The number of halogens is 3. The van der Waals surface area contributed by atoms with E-state index in [1.807, 2.05) is 0 Å². The number of hydrogen-bond acceptors (Lipinski definition) is 4. The van der Waals surface area contributed by atoms with Crippen molar-refractivity contribution in [2.75, 3.05) is 0 Å². The van der Waals surface area contributed by atoms with Crippen molar-refractivity contribution in [1.82, 2.24) is 0 Å². The third kappa shape index (κ3) is 4.07. The summed E-state index contributed by atoms with van der Waals surface area (Å²) >= 11 is -2.73. The van der Waals surface area contributed by atoms with Crippen molar-refractivity contribution in [3.05, 3.63) is 71.3 Å². The third-order valence-electron chi connectivity index (χ3n) is 4.15. The molecule has 146 valence electrons. The molecule has 28 heavy (non-hydrogen) atoms. The molecule has 3 rings (SSSR count). The molecule has 0 heterocycles. The zero-order chi connectivity index (χ0) is 20.5. The molecule has 3 aromatic carbocycles. The van der Waals surface area contributed by atoms with Gasteiger partial charge in [0.25, 0.3) is 0 Å². The van der Waals surface area contributed by atoms with Gasteiger partial charge in [0, 0.05) is 10.9 Å². The largest absolute Gasteiger partial charge is 0.768 e.